The molecule has 0 saturated heterocycles. The smallest absolute Gasteiger partial charge is 0.265 e. The molecule has 1 unspecified atom stereocenters. The van der Waals surface area contributed by atoms with Gasteiger partial charge in [-0.1, -0.05) is 25.1 Å². The minimum atomic E-state index is -0.460. The van der Waals surface area contributed by atoms with Gasteiger partial charge in [0, 0.05) is 18.7 Å². The van der Waals surface area contributed by atoms with E-state index in [1.54, 1.807) is 0 Å². The van der Waals surface area contributed by atoms with Crippen molar-refractivity contribution in [1.29, 1.82) is 0 Å². The number of aryl methyl sites for hydroxylation is 2. The fourth-order valence-corrected chi connectivity index (χ4v) is 2.91. The van der Waals surface area contributed by atoms with Gasteiger partial charge in [-0.25, -0.2) is 0 Å². The van der Waals surface area contributed by atoms with Crippen molar-refractivity contribution in [2.45, 2.75) is 39.8 Å². The molecule has 0 aromatic heterocycles. The van der Waals surface area contributed by atoms with Crippen LogP contribution in [0.2, 0.25) is 0 Å². The van der Waals surface area contributed by atoms with Crippen molar-refractivity contribution < 1.29 is 9.53 Å². The van der Waals surface area contributed by atoms with Gasteiger partial charge in [0.2, 0.25) is 0 Å². The van der Waals surface area contributed by atoms with E-state index < -0.39 is 6.10 Å². The number of rotatable bonds is 5. The minimum Gasteiger partial charge on any atom is -0.480 e. The number of nitrogens with one attached hydrogen (secondary N) is 2. The lowest BCUT2D eigenvalue weighted by Gasteiger charge is -2.12. The number of carbonyl (C=O) groups excluding carboxylic acids is 1. The van der Waals surface area contributed by atoms with E-state index in [1.165, 1.54) is 11.1 Å². The maximum absolute atomic E-state index is 12.5. The van der Waals surface area contributed by atoms with Crippen molar-refractivity contribution in [1.82, 2.24) is 5.32 Å². The van der Waals surface area contributed by atoms with E-state index in [9.17, 15) is 4.79 Å². The van der Waals surface area contributed by atoms with Gasteiger partial charge < -0.3 is 15.4 Å². The fraction of sp³-hybridized carbons (Fsp3) is 0.350. The van der Waals surface area contributed by atoms with Crippen molar-refractivity contribution >= 4 is 11.6 Å². The van der Waals surface area contributed by atoms with Crippen LogP contribution in [0, 0.1) is 13.8 Å². The molecule has 2 aromatic rings. The number of amides is 1. The second kappa shape index (κ2) is 7.05. The molecule has 2 aromatic carbocycles. The van der Waals surface area contributed by atoms with Gasteiger partial charge in [0.1, 0.15) is 5.75 Å². The summed E-state index contributed by atoms with van der Waals surface area (Å²) in [4.78, 5) is 12.5. The lowest BCUT2D eigenvalue weighted by atomic mass is 10.0. The quantitative estimate of drug-likeness (QED) is 0.887. The fourth-order valence-electron chi connectivity index (χ4n) is 2.91. The van der Waals surface area contributed by atoms with E-state index in [0.717, 1.165) is 35.7 Å². The Morgan fingerprint density at radius 1 is 1.21 bits per heavy atom. The predicted molar refractivity (Wildman–Crippen MR) is 96.5 cm³/mol. The van der Waals surface area contributed by atoms with Crippen LogP contribution in [-0.4, -0.2) is 18.6 Å². The molecule has 4 nitrogen and oxygen atoms in total. The van der Waals surface area contributed by atoms with Crippen LogP contribution in [0.1, 0.15) is 29.2 Å². The van der Waals surface area contributed by atoms with Crippen molar-refractivity contribution in [3.05, 3.63) is 58.7 Å². The zero-order valence-electron chi connectivity index (χ0n) is 14.5. The first kappa shape index (κ1) is 16.5. The van der Waals surface area contributed by atoms with Gasteiger partial charge >= 0.3 is 0 Å². The molecule has 0 aliphatic carbocycles. The molecule has 1 atom stereocenters. The first-order valence-electron chi connectivity index (χ1n) is 8.44. The van der Waals surface area contributed by atoms with E-state index in [4.69, 9.17) is 4.74 Å². The van der Waals surface area contributed by atoms with Gasteiger partial charge in [-0.15, -0.1) is 0 Å². The number of benzene rings is 2. The maximum Gasteiger partial charge on any atom is 0.265 e. The average Bonchev–Trinajstić information content (AvgIpc) is 2.96. The molecule has 126 valence electrons. The number of hydrogen-bond donors (Lipinski definition) is 2. The lowest BCUT2D eigenvalue weighted by molar-refractivity contribution is -0.122. The summed E-state index contributed by atoms with van der Waals surface area (Å²) < 4.78 is 5.85. The van der Waals surface area contributed by atoms with Crippen LogP contribution in [0.4, 0.5) is 5.69 Å². The zero-order valence-corrected chi connectivity index (χ0v) is 14.5. The second-order valence-electron chi connectivity index (χ2n) is 6.32. The summed E-state index contributed by atoms with van der Waals surface area (Å²) in [5, 5.41) is 6.26. The van der Waals surface area contributed by atoms with Crippen molar-refractivity contribution in [2.75, 3.05) is 11.9 Å². The SMILES string of the molecule is CCNCc1cccc(NC(=O)C2Cc3cc(C)c(C)cc3O2)c1. The first-order valence-corrected chi connectivity index (χ1v) is 8.44. The molecule has 1 amide bonds. The predicted octanol–water partition coefficient (Wildman–Crippen LogP) is 3.36. The molecule has 4 heteroatoms. The van der Waals surface area contributed by atoms with E-state index in [2.05, 4.69) is 37.5 Å². The van der Waals surface area contributed by atoms with E-state index in [-0.39, 0.29) is 5.91 Å². The topological polar surface area (TPSA) is 50.4 Å². The Hall–Kier alpha value is -2.33. The average molecular weight is 324 g/mol. The van der Waals surface area contributed by atoms with Crippen LogP contribution in [0.3, 0.4) is 0 Å². The molecule has 0 spiro atoms. The molecule has 0 bridgehead atoms. The Morgan fingerprint density at radius 3 is 2.79 bits per heavy atom. The van der Waals surface area contributed by atoms with Crippen molar-refractivity contribution in [2.24, 2.45) is 0 Å². The Bertz CT molecular complexity index is 724. The number of carbonyl (C=O) groups is 1. The van der Waals surface area contributed by atoms with Gasteiger partial charge in [-0.2, -0.15) is 0 Å². The number of fused-ring (bicyclic) bond motifs is 1. The standard InChI is InChI=1S/C20H24N2O2/c1-4-21-12-15-6-5-7-17(10-15)22-20(23)19-11-16-8-13(2)14(3)9-18(16)24-19/h5-10,19,21H,4,11-12H2,1-3H3,(H,22,23). The third-order valence-corrected chi connectivity index (χ3v) is 4.42. The van der Waals surface area contributed by atoms with Crippen LogP contribution in [0.25, 0.3) is 0 Å². The van der Waals surface area contributed by atoms with E-state index in [1.807, 2.05) is 30.3 Å². The van der Waals surface area contributed by atoms with Crippen molar-refractivity contribution in [3.8, 4) is 5.75 Å². The Balaban J connectivity index is 1.66. The maximum atomic E-state index is 12.5. The molecule has 0 fully saturated rings. The van der Waals surface area contributed by atoms with Crippen molar-refractivity contribution in [3.63, 3.8) is 0 Å². The van der Waals surface area contributed by atoms with Crippen LogP contribution in [0.5, 0.6) is 5.75 Å². The van der Waals surface area contributed by atoms with Gasteiger partial charge in [0.05, 0.1) is 0 Å². The largest absolute Gasteiger partial charge is 0.480 e. The van der Waals surface area contributed by atoms with E-state index >= 15 is 0 Å². The summed E-state index contributed by atoms with van der Waals surface area (Å²) in [6, 6.07) is 12.1. The number of ether oxygens (including phenoxy) is 1. The van der Waals surface area contributed by atoms with Gasteiger partial charge in [-0.3, -0.25) is 4.79 Å². The third-order valence-electron chi connectivity index (χ3n) is 4.42. The number of anilines is 1. The molecule has 2 N–H and O–H groups in total. The molecule has 1 aliphatic rings. The highest BCUT2D eigenvalue weighted by atomic mass is 16.5. The number of hydrogen-bond acceptors (Lipinski definition) is 3. The highest BCUT2D eigenvalue weighted by Crippen LogP contribution is 2.31. The normalized spacial score (nSPS) is 15.7. The highest BCUT2D eigenvalue weighted by Gasteiger charge is 2.29. The molecular formula is C20H24N2O2. The highest BCUT2D eigenvalue weighted by molar-refractivity contribution is 5.95. The van der Waals surface area contributed by atoms with Gasteiger partial charge in [0.15, 0.2) is 6.10 Å². The molecule has 0 saturated carbocycles. The van der Waals surface area contributed by atoms with Gasteiger partial charge in [0.25, 0.3) is 5.91 Å². The van der Waals surface area contributed by atoms with E-state index in [0.29, 0.717) is 6.42 Å². The summed E-state index contributed by atoms with van der Waals surface area (Å²) in [6.45, 7) is 7.93. The molecule has 24 heavy (non-hydrogen) atoms. The summed E-state index contributed by atoms with van der Waals surface area (Å²) >= 11 is 0. The summed E-state index contributed by atoms with van der Waals surface area (Å²) in [5.41, 5.74) is 5.48. The molecular weight excluding hydrogens is 300 g/mol. The molecule has 1 aliphatic heterocycles. The summed E-state index contributed by atoms with van der Waals surface area (Å²) in [7, 11) is 0. The monoisotopic (exact) mass is 324 g/mol. The molecule has 3 rings (SSSR count). The Morgan fingerprint density at radius 2 is 2.00 bits per heavy atom. The first-order chi connectivity index (χ1) is 11.6. The van der Waals surface area contributed by atoms with Crippen LogP contribution in [-0.2, 0) is 17.8 Å². The minimum absolute atomic E-state index is 0.0953. The van der Waals surface area contributed by atoms with Crippen LogP contribution < -0.4 is 15.4 Å². The Labute approximate surface area is 143 Å². The summed E-state index contributed by atoms with van der Waals surface area (Å²) in [5.74, 6) is 0.737. The lowest BCUT2D eigenvalue weighted by Crippen LogP contribution is -2.31. The van der Waals surface area contributed by atoms with Crippen LogP contribution in [0.15, 0.2) is 36.4 Å². The summed E-state index contributed by atoms with van der Waals surface area (Å²) in [6.07, 6.45) is 0.165. The molecule has 1 heterocycles. The van der Waals surface area contributed by atoms with Gasteiger partial charge in [-0.05, 0) is 60.8 Å². The third kappa shape index (κ3) is 3.60. The zero-order chi connectivity index (χ0) is 17.1. The molecule has 0 radical (unpaired) electrons. The van der Waals surface area contributed by atoms with Crippen LogP contribution >= 0.6 is 0 Å². The Kier molecular flexibility index (Phi) is 4.86. The second-order valence-corrected chi connectivity index (χ2v) is 6.32.